The van der Waals surface area contributed by atoms with Gasteiger partial charge in [-0.3, -0.25) is 14.4 Å². The fraction of sp³-hybridized carbons (Fsp3) is 0.190. The molecule has 1 atom stereocenters. The van der Waals surface area contributed by atoms with E-state index in [2.05, 4.69) is 20.2 Å². The average Bonchev–Trinajstić information content (AvgIpc) is 3.52. The number of hydrogen-bond donors (Lipinski definition) is 1. The fourth-order valence-electron chi connectivity index (χ4n) is 3.53. The second kappa shape index (κ2) is 7.93. The molecule has 1 aliphatic heterocycles. The maximum Gasteiger partial charge on any atom is 0.257 e. The van der Waals surface area contributed by atoms with Crippen LogP contribution in [0.1, 0.15) is 12.0 Å². The third-order valence-electron chi connectivity index (χ3n) is 5.15. The molecule has 11 heteroatoms. The summed E-state index contributed by atoms with van der Waals surface area (Å²) in [6.45, 7) is 0.235. The first kappa shape index (κ1) is 19.9. The van der Waals surface area contributed by atoms with E-state index in [-0.39, 0.29) is 42.7 Å². The van der Waals surface area contributed by atoms with Gasteiger partial charge in [0, 0.05) is 24.6 Å². The second-order valence-corrected chi connectivity index (χ2v) is 7.21. The van der Waals surface area contributed by atoms with Gasteiger partial charge in [0.1, 0.15) is 29.6 Å². The van der Waals surface area contributed by atoms with Gasteiger partial charge in [0.25, 0.3) is 5.91 Å². The number of hydrogen-bond acceptors (Lipinski definition) is 7. The smallest absolute Gasteiger partial charge is 0.257 e. The van der Waals surface area contributed by atoms with Gasteiger partial charge in [0.2, 0.25) is 0 Å². The van der Waals surface area contributed by atoms with Crippen LogP contribution in [-0.2, 0) is 11.3 Å². The van der Waals surface area contributed by atoms with Gasteiger partial charge in [-0.1, -0.05) is 23.4 Å². The Morgan fingerprint density at radius 3 is 2.72 bits per heavy atom. The van der Waals surface area contributed by atoms with Crippen LogP contribution in [0.5, 0.6) is 0 Å². The van der Waals surface area contributed by atoms with Crippen molar-refractivity contribution in [3.8, 4) is 22.9 Å². The molecule has 162 valence electrons. The van der Waals surface area contributed by atoms with Gasteiger partial charge in [-0.2, -0.15) is 5.10 Å². The number of benzene rings is 1. The molecule has 1 N–H and O–H groups in total. The van der Waals surface area contributed by atoms with Gasteiger partial charge in [0.05, 0.1) is 18.4 Å². The molecule has 0 aliphatic carbocycles. The Morgan fingerprint density at radius 1 is 1.16 bits per heavy atom. The van der Waals surface area contributed by atoms with E-state index in [1.54, 1.807) is 30.3 Å². The van der Waals surface area contributed by atoms with Gasteiger partial charge >= 0.3 is 0 Å². The van der Waals surface area contributed by atoms with Crippen LogP contribution in [0.25, 0.3) is 22.9 Å². The summed E-state index contributed by atoms with van der Waals surface area (Å²) < 4.78 is 35.0. The van der Waals surface area contributed by atoms with E-state index in [0.717, 1.165) is 11.1 Å². The van der Waals surface area contributed by atoms with Gasteiger partial charge in [-0.25, -0.2) is 18.7 Å². The Kier molecular flexibility index (Phi) is 4.94. The first-order chi connectivity index (χ1) is 15.5. The molecule has 1 aliphatic rings. The number of carbonyl (C=O) groups is 1. The molecule has 1 aromatic carbocycles. The van der Waals surface area contributed by atoms with Crippen molar-refractivity contribution in [3.63, 3.8) is 0 Å². The van der Waals surface area contributed by atoms with Crippen molar-refractivity contribution in [1.82, 2.24) is 24.9 Å². The highest BCUT2D eigenvalue weighted by atomic mass is 19.1. The summed E-state index contributed by atoms with van der Waals surface area (Å²) >= 11 is 0. The van der Waals surface area contributed by atoms with Crippen LogP contribution < -0.4 is 4.90 Å². The minimum Gasteiger partial charge on any atom is -0.383 e. The van der Waals surface area contributed by atoms with Crippen LogP contribution in [0, 0.1) is 11.6 Å². The van der Waals surface area contributed by atoms with Gasteiger partial charge in [-0.05, 0) is 12.1 Å². The number of halogens is 2. The normalized spacial score (nSPS) is 16.2. The quantitative estimate of drug-likeness (QED) is 0.510. The number of aliphatic hydroxyl groups excluding tert-OH is 1. The molecule has 1 fully saturated rings. The number of rotatable bonds is 5. The highest BCUT2D eigenvalue weighted by Gasteiger charge is 2.33. The van der Waals surface area contributed by atoms with Crippen LogP contribution in [0.4, 0.5) is 14.6 Å². The predicted molar refractivity (Wildman–Crippen MR) is 107 cm³/mol. The summed E-state index contributed by atoms with van der Waals surface area (Å²) in [6, 6.07) is 9.55. The zero-order chi connectivity index (χ0) is 22.2. The monoisotopic (exact) mass is 438 g/mol. The molecule has 1 saturated heterocycles. The highest BCUT2D eigenvalue weighted by molar-refractivity contribution is 5.98. The number of amides is 1. The number of nitrogens with zero attached hydrogens (tertiary/aromatic N) is 6. The van der Waals surface area contributed by atoms with Crippen LogP contribution >= 0.6 is 0 Å². The van der Waals surface area contributed by atoms with Crippen LogP contribution in [-0.4, -0.2) is 48.6 Å². The minimum atomic E-state index is -1.19. The van der Waals surface area contributed by atoms with Crippen molar-refractivity contribution in [2.24, 2.45) is 0 Å². The first-order valence-corrected chi connectivity index (χ1v) is 9.75. The molecule has 9 nitrogen and oxygen atoms in total. The van der Waals surface area contributed by atoms with Gasteiger partial charge in [0.15, 0.2) is 17.5 Å². The Morgan fingerprint density at radius 2 is 2.00 bits per heavy atom. The molecule has 0 saturated carbocycles. The third-order valence-corrected chi connectivity index (χ3v) is 5.15. The lowest BCUT2D eigenvalue weighted by atomic mass is 10.2. The standard InChI is InChI=1S/C21H16F2N6O3/c22-13-4-2-1-3-12(13)11-29-17(15-6-8-32-27-15)9-16(26-29)19-24-10-14(23)20(25-19)28-7-5-18(30)21(28)31/h1-4,6,8-10,18,30H,5,7,11H2. The third kappa shape index (κ3) is 3.52. The molecule has 4 aromatic rings. The van der Waals surface area contributed by atoms with E-state index in [1.165, 1.54) is 17.0 Å². The fourth-order valence-corrected chi connectivity index (χ4v) is 3.53. The Bertz CT molecular complexity index is 1290. The largest absolute Gasteiger partial charge is 0.383 e. The summed E-state index contributed by atoms with van der Waals surface area (Å²) in [5, 5.41) is 18.1. The van der Waals surface area contributed by atoms with Crippen molar-refractivity contribution >= 4 is 11.7 Å². The van der Waals surface area contributed by atoms with E-state index in [0.29, 0.717) is 17.0 Å². The molecular formula is C21H16F2N6O3. The van der Waals surface area contributed by atoms with Crippen molar-refractivity contribution < 1.29 is 23.2 Å². The van der Waals surface area contributed by atoms with Crippen molar-refractivity contribution in [3.05, 3.63) is 66.1 Å². The number of aromatic nitrogens is 5. The van der Waals surface area contributed by atoms with Crippen molar-refractivity contribution in [2.75, 3.05) is 11.4 Å². The zero-order valence-electron chi connectivity index (χ0n) is 16.5. The van der Waals surface area contributed by atoms with Gasteiger partial charge in [-0.15, -0.1) is 0 Å². The maximum absolute atomic E-state index is 14.4. The number of aliphatic hydroxyl groups is 1. The van der Waals surface area contributed by atoms with E-state index in [9.17, 15) is 18.7 Å². The predicted octanol–water partition coefficient (Wildman–Crippen LogP) is 2.42. The van der Waals surface area contributed by atoms with E-state index < -0.39 is 17.8 Å². The lowest BCUT2D eigenvalue weighted by molar-refractivity contribution is -0.124. The Hall–Kier alpha value is -3.99. The summed E-state index contributed by atoms with van der Waals surface area (Å²) in [7, 11) is 0. The highest BCUT2D eigenvalue weighted by Crippen LogP contribution is 2.28. The molecule has 32 heavy (non-hydrogen) atoms. The van der Waals surface area contributed by atoms with Gasteiger partial charge < -0.3 is 9.63 Å². The number of anilines is 1. The van der Waals surface area contributed by atoms with E-state index in [1.807, 2.05) is 0 Å². The lowest BCUT2D eigenvalue weighted by Crippen LogP contribution is -2.30. The zero-order valence-corrected chi connectivity index (χ0v) is 16.5. The SMILES string of the molecule is O=C1C(O)CCN1c1nc(-c2cc(-c3ccon3)n(Cc3ccccc3F)n2)ncc1F. The molecule has 5 rings (SSSR count). The second-order valence-electron chi connectivity index (χ2n) is 7.21. The van der Waals surface area contributed by atoms with E-state index >= 15 is 0 Å². The molecule has 0 bridgehead atoms. The van der Waals surface area contributed by atoms with E-state index in [4.69, 9.17) is 4.52 Å². The molecule has 4 heterocycles. The molecule has 0 spiro atoms. The molecule has 1 amide bonds. The molecule has 1 unspecified atom stereocenters. The summed E-state index contributed by atoms with van der Waals surface area (Å²) in [4.78, 5) is 21.4. The van der Waals surface area contributed by atoms with Crippen molar-refractivity contribution in [2.45, 2.75) is 19.1 Å². The van der Waals surface area contributed by atoms with Crippen LogP contribution in [0.2, 0.25) is 0 Å². The average molecular weight is 438 g/mol. The summed E-state index contributed by atoms with van der Waals surface area (Å²) in [6.07, 6.45) is 1.34. The topological polar surface area (TPSA) is 110 Å². The van der Waals surface area contributed by atoms with Crippen LogP contribution in [0.3, 0.4) is 0 Å². The summed E-state index contributed by atoms with van der Waals surface area (Å²) in [5.74, 6) is -1.97. The van der Waals surface area contributed by atoms with Crippen molar-refractivity contribution in [1.29, 1.82) is 0 Å². The Balaban J connectivity index is 1.57. The first-order valence-electron chi connectivity index (χ1n) is 9.75. The minimum absolute atomic E-state index is 0.0626. The summed E-state index contributed by atoms with van der Waals surface area (Å²) in [5.41, 5.74) is 1.65. The molecule has 3 aromatic heterocycles. The Labute approximate surface area is 179 Å². The molecule has 0 radical (unpaired) electrons. The maximum atomic E-state index is 14.4. The van der Waals surface area contributed by atoms with Crippen LogP contribution in [0.15, 0.2) is 53.4 Å². The molecular weight excluding hydrogens is 422 g/mol. The lowest BCUT2D eigenvalue weighted by Gasteiger charge is -2.15. The number of carbonyl (C=O) groups excluding carboxylic acids is 1.